The normalized spacial score (nSPS) is 20.3. The van der Waals surface area contributed by atoms with Crippen molar-refractivity contribution in [3.63, 3.8) is 0 Å². The summed E-state index contributed by atoms with van der Waals surface area (Å²) < 4.78 is 67.1. The Bertz CT molecular complexity index is 1070. The SMILES string of the molecule is CN/C=C(\C(=N)C(=O)N1CC(F)(F)CC(C)C1CNc1ncc(C(F)(F)F)cn1)c1ccccc1. The van der Waals surface area contributed by atoms with Crippen molar-refractivity contribution in [2.75, 3.05) is 25.5 Å². The third-order valence-electron chi connectivity index (χ3n) is 5.65. The number of carbonyl (C=O) groups excluding carboxylic acids is 1. The smallest absolute Gasteiger partial charge is 0.393 e. The average molecular weight is 496 g/mol. The average Bonchev–Trinajstić information content (AvgIpc) is 2.80. The van der Waals surface area contributed by atoms with Gasteiger partial charge in [0.25, 0.3) is 11.8 Å². The van der Waals surface area contributed by atoms with E-state index in [1.807, 2.05) is 0 Å². The van der Waals surface area contributed by atoms with Crippen LogP contribution in [0.3, 0.4) is 0 Å². The Balaban J connectivity index is 1.83. The second-order valence-corrected chi connectivity index (χ2v) is 8.30. The third kappa shape index (κ3) is 6.31. The standard InChI is InChI=1S/C23H25F5N6O/c1-14-8-22(24,25)13-34(18(14)12-33-21-31-9-16(10-32-21)23(26,27)28)20(35)19(29)17(11-30-2)15-6-4-3-5-7-15/h3-7,9-11,14,18,29-30H,8,12-13H2,1-2H3,(H,31,32,33)/b17-11-,29-19?. The minimum absolute atomic E-state index is 0.0853. The molecule has 1 amide bonds. The van der Waals surface area contributed by atoms with Gasteiger partial charge in [0.05, 0.1) is 18.2 Å². The molecule has 0 radical (unpaired) electrons. The first-order chi connectivity index (χ1) is 16.4. The van der Waals surface area contributed by atoms with E-state index in [4.69, 9.17) is 5.41 Å². The van der Waals surface area contributed by atoms with Crippen LogP contribution in [0.1, 0.15) is 24.5 Å². The predicted molar refractivity (Wildman–Crippen MR) is 121 cm³/mol. The van der Waals surface area contributed by atoms with Crippen LogP contribution >= 0.6 is 0 Å². The van der Waals surface area contributed by atoms with E-state index in [-0.39, 0.29) is 18.1 Å². The fraction of sp³-hybridized carbons (Fsp3) is 0.391. The number of nitrogens with zero attached hydrogens (tertiary/aromatic N) is 3. The number of amides is 1. The molecule has 7 nitrogen and oxygen atoms in total. The van der Waals surface area contributed by atoms with Crippen LogP contribution in [0.15, 0.2) is 48.9 Å². The molecule has 1 fully saturated rings. The zero-order chi connectivity index (χ0) is 25.8. The fourth-order valence-corrected chi connectivity index (χ4v) is 3.96. The molecular formula is C23H25F5N6O. The molecule has 2 unspecified atom stereocenters. The first-order valence-electron chi connectivity index (χ1n) is 10.8. The van der Waals surface area contributed by atoms with Gasteiger partial charge in [-0.3, -0.25) is 10.2 Å². The number of benzene rings is 1. The summed E-state index contributed by atoms with van der Waals surface area (Å²) in [6.07, 6.45) is -2.41. The molecule has 0 saturated carbocycles. The summed E-state index contributed by atoms with van der Waals surface area (Å²) in [5.74, 6) is -4.85. The van der Waals surface area contributed by atoms with Gasteiger partial charge in [0.2, 0.25) is 5.95 Å². The molecule has 2 heterocycles. The van der Waals surface area contributed by atoms with E-state index in [0.717, 1.165) is 4.90 Å². The highest BCUT2D eigenvalue weighted by Gasteiger charge is 2.46. The molecule has 2 atom stereocenters. The predicted octanol–water partition coefficient (Wildman–Crippen LogP) is 4.06. The lowest BCUT2D eigenvalue weighted by molar-refractivity contribution is -0.145. The van der Waals surface area contributed by atoms with Gasteiger partial charge in [-0.05, 0) is 11.5 Å². The molecule has 1 aliphatic rings. The molecule has 1 aromatic heterocycles. The van der Waals surface area contributed by atoms with Crippen molar-refractivity contribution >= 4 is 23.1 Å². The fourth-order valence-electron chi connectivity index (χ4n) is 3.96. The largest absolute Gasteiger partial charge is 0.419 e. The molecular weight excluding hydrogens is 471 g/mol. The van der Waals surface area contributed by atoms with Crippen LogP contribution in [0.2, 0.25) is 0 Å². The summed E-state index contributed by atoms with van der Waals surface area (Å²) in [5.41, 5.74) is -0.697. The van der Waals surface area contributed by atoms with Crippen LogP contribution in [0.5, 0.6) is 0 Å². The summed E-state index contributed by atoms with van der Waals surface area (Å²) in [6.45, 7) is 0.580. The summed E-state index contributed by atoms with van der Waals surface area (Å²) in [4.78, 5) is 21.5. The minimum Gasteiger partial charge on any atom is -0.393 e. The summed E-state index contributed by atoms with van der Waals surface area (Å²) in [6, 6.07) is 7.83. The maximum absolute atomic E-state index is 14.5. The highest BCUT2D eigenvalue weighted by Crippen LogP contribution is 2.35. The number of likely N-dealkylation sites (tertiary alicyclic amines) is 1. The number of nitrogens with one attached hydrogen (secondary N) is 3. The number of alkyl halides is 5. The third-order valence-corrected chi connectivity index (χ3v) is 5.65. The second-order valence-electron chi connectivity index (χ2n) is 8.30. The van der Waals surface area contributed by atoms with E-state index < -0.39 is 54.2 Å². The molecule has 0 spiro atoms. The van der Waals surface area contributed by atoms with Gasteiger partial charge in [-0.1, -0.05) is 37.3 Å². The maximum atomic E-state index is 14.5. The van der Waals surface area contributed by atoms with Crippen molar-refractivity contribution in [1.82, 2.24) is 20.2 Å². The van der Waals surface area contributed by atoms with Gasteiger partial charge in [0, 0.05) is 44.2 Å². The van der Waals surface area contributed by atoms with E-state index in [1.165, 1.54) is 6.20 Å². The zero-order valence-corrected chi connectivity index (χ0v) is 19.0. The first kappa shape index (κ1) is 26.0. The highest BCUT2D eigenvalue weighted by molar-refractivity contribution is 6.54. The molecule has 188 valence electrons. The zero-order valence-electron chi connectivity index (χ0n) is 19.0. The number of aromatic nitrogens is 2. The van der Waals surface area contributed by atoms with E-state index in [0.29, 0.717) is 18.0 Å². The quantitative estimate of drug-likeness (QED) is 0.397. The van der Waals surface area contributed by atoms with Gasteiger partial charge in [0.15, 0.2) is 0 Å². The van der Waals surface area contributed by atoms with Gasteiger partial charge in [-0.25, -0.2) is 18.7 Å². The number of hydrogen-bond donors (Lipinski definition) is 3. The summed E-state index contributed by atoms with van der Waals surface area (Å²) >= 11 is 0. The first-order valence-corrected chi connectivity index (χ1v) is 10.8. The van der Waals surface area contributed by atoms with Crippen LogP contribution in [0.4, 0.5) is 27.9 Å². The Labute approximate surface area is 199 Å². The van der Waals surface area contributed by atoms with Crippen molar-refractivity contribution in [2.24, 2.45) is 5.92 Å². The topological polar surface area (TPSA) is 94.0 Å². The van der Waals surface area contributed by atoms with Gasteiger partial charge in [-0.2, -0.15) is 13.2 Å². The number of piperidine rings is 1. The maximum Gasteiger partial charge on any atom is 0.419 e. The molecule has 35 heavy (non-hydrogen) atoms. The molecule has 1 aromatic carbocycles. The molecule has 3 N–H and O–H groups in total. The number of hydrogen-bond acceptors (Lipinski definition) is 6. The van der Waals surface area contributed by atoms with Crippen LogP contribution in [0, 0.1) is 11.3 Å². The van der Waals surface area contributed by atoms with Gasteiger partial charge in [0.1, 0.15) is 5.71 Å². The molecule has 12 heteroatoms. The summed E-state index contributed by atoms with van der Waals surface area (Å²) in [7, 11) is 1.59. The van der Waals surface area contributed by atoms with Crippen molar-refractivity contribution in [3.8, 4) is 0 Å². The molecule has 0 aliphatic carbocycles. The van der Waals surface area contributed by atoms with Crippen LogP contribution in [-0.2, 0) is 11.0 Å². The van der Waals surface area contributed by atoms with Gasteiger partial charge < -0.3 is 15.5 Å². The lowest BCUT2D eigenvalue weighted by atomic mass is 9.87. The number of anilines is 1. The van der Waals surface area contributed by atoms with Crippen molar-refractivity contribution in [3.05, 3.63) is 60.1 Å². The second kappa shape index (κ2) is 10.4. The van der Waals surface area contributed by atoms with Gasteiger partial charge >= 0.3 is 6.18 Å². The Morgan fingerprint density at radius 3 is 2.43 bits per heavy atom. The molecule has 1 aliphatic heterocycles. The Kier molecular flexibility index (Phi) is 7.71. The molecule has 2 aromatic rings. The number of carbonyl (C=O) groups is 1. The van der Waals surface area contributed by atoms with Crippen LogP contribution in [0.25, 0.3) is 5.57 Å². The summed E-state index contributed by atoms with van der Waals surface area (Å²) in [5, 5.41) is 14.0. The lowest BCUT2D eigenvalue weighted by Crippen LogP contribution is -2.58. The van der Waals surface area contributed by atoms with Crippen LogP contribution in [-0.4, -0.2) is 58.6 Å². The Morgan fingerprint density at radius 2 is 1.86 bits per heavy atom. The van der Waals surface area contributed by atoms with E-state index in [1.54, 1.807) is 44.3 Å². The lowest BCUT2D eigenvalue weighted by Gasteiger charge is -2.43. The van der Waals surface area contributed by atoms with Crippen LogP contribution < -0.4 is 10.6 Å². The Hall–Kier alpha value is -3.57. The molecule has 0 bridgehead atoms. The van der Waals surface area contributed by atoms with Crippen molar-refractivity contribution < 1.29 is 26.7 Å². The van der Waals surface area contributed by atoms with E-state index in [9.17, 15) is 26.7 Å². The molecule has 1 saturated heterocycles. The van der Waals surface area contributed by atoms with Crippen molar-refractivity contribution in [2.45, 2.75) is 31.5 Å². The van der Waals surface area contributed by atoms with Crippen molar-refractivity contribution in [1.29, 1.82) is 5.41 Å². The monoisotopic (exact) mass is 496 g/mol. The highest BCUT2D eigenvalue weighted by atomic mass is 19.4. The Morgan fingerprint density at radius 1 is 1.23 bits per heavy atom. The van der Waals surface area contributed by atoms with Gasteiger partial charge in [-0.15, -0.1) is 0 Å². The minimum atomic E-state index is -4.59. The number of rotatable bonds is 7. The van der Waals surface area contributed by atoms with E-state index >= 15 is 0 Å². The number of halogens is 5. The van der Waals surface area contributed by atoms with E-state index in [2.05, 4.69) is 20.6 Å². The molecule has 3 rings (SSSR count).